The van der Waals surface area contributed by atoms with E-state index in [0.717, 1.165) is 27.9 Å². The third-order valence-electron chi connectivity index (χ3n) is 7.53. The molecule has 1 atom stereocenters. The Morgan fingerprint density at radius 3 is 2.00 bits per heavy atom. The summed E-state index contributed by atoms with van der Waals surface area (Å²) >= 11 is 0. The lowest BCUT2D eigenvalue weighted by Gasteiger charge is -2.33. The predicted molar refractivity (Wildman–Crippen MR) is 157 cm³/mol. The maximum atomic E-state index is 14.4. The lowest BCUT2D eigenvalue weighted by molar-refractivity contribution is -0.134. The summed E-state index contributed by atoms with van der Waals surface area (Å²) in [7, 11) is 0. The summed E-state index contributed by atoms with van der Waals surface area (Å²) in [6.45, 7) is 8.48. The molecule has 0 aliphatic rings. The van der Waals surface area contributed by atoms with Crippen molar-refractivity contribution in [3.8, 4) is 5.69 Å². The van der Waals surface area contributed by atoms with Crippen LogP contribution >= 0.6 is 0 Å². The second kappa shape index (κ2) is 11.1. The highest BCUT2D eigenvalue weighted by Gasteiger charge is 2.32. The van der Waals surface area contributed by atoms with Crippen molar-refractivity contribution in [2.45, 2.75) is 39.7 Å². The Labute approximate surface area is 229 Å². The van der Waals surface area contributed by atoms with Crippen molar-refractivity contribution in [3.63, 3.8) is 0 Å². The van der Waals surface area contributed by atoms with Crippen LogP contribution in [0.5, 0.6) is 0 Å². The molecule has 4 aromatic carbocycles. The number of carbonyl (C=O) groups excluding carboxylic acids is 1. The van der Waals surface area contributed by atoms with E-state index in [1.54, 1.807) is 10.6 Å². The highest BCUT2D eigenvalue weighted by atomic mass is 16.2. The van der Waals surface area contributed by atoms with E-state index in [1.165, 1.54) is 0 Å². The van der Waals surface area contributed by atoms with Crippen LogP contribution in [-0.4, -0.2) is 26.9 Å². The number of para-hydroxylation sites is 1. The van der Waals surface area contributed by atoms with E-state index in [-0.39, 0.29) is 11.5 Å². The quantitative estimate of drug-likeness (QED) is 0.241. The van der Waals surface area contributed by atoms with Gasteiger partial charge in [0.05, 0.1) is 28.6 Å². The van der Waals surface area contributed by atoms with Crippen molar-refractivity contribution in [1.29, 1.82) is 0 Å². The SMILES string of the molecule is CCN(C(=O)C(c1ccccc1)c1ccccc1)C(C)c1nc2ccccc2c(=O)n1-c1ccc(C)c(C)c1. The molecule has 1 heterocycles. The number of nitrogens with zero attached hydrogens (tertiary/aromatic N) is 3. The van der Waals surface area contributed by atoms with E-state index in [4.69, 9.17) is 4.98 Å². The molecule has 0 saturated heterocycles. The molecule has 0 aliphatic carbocycles. The number of benzene rings is 4. The van der Waals surface area contributed by atoms with Crippen molar-refractivity contribution in [3.05, 3.63) is 142 Å². The second-order valence-electron chi connectivity index (χ2n) is 9.95. The molecule has 0 radical (unpaired) electrons. The van der Waals surface area contributed by atoms with Gasteiger partial charge in [-0.25, -0.2) is 4.98 Å². The summed E-state index contributed by atoms with van der Waals surface area (Å²) in [5, 5.41) is 0.549. The minimum Gasteiger partial charge on any atom is -0.332 e. The molecule has 0 saturated carbocycles. The van der Waals surface area contributed by atoms with Gasteiger partial charge in [-0.15, -0.1) is 0 Å². The van der Waals surface area contributed by atoms with Gasteiger partial charge >= 0.3 is 0 Å². The van der Waals surface area contributed by atoms with Gasteiger partial charge in [-0.2, -0.15) is 0 Å². The number of hydrogen-bond donors (Lipinski definition) is 0. The number of amides is 1. The minimum absolute atomic E-state index is 0.0311. The van der Waals surface area contributed by atoms with Gasteiger partial charge < -0.3 is 4.90 Å². The van der Waals surface area contributed by atoms with Gasteiger partial charge in [-0.1, -0.05) is 78.9 Å². The van der Waals surface area contributed by atoms with Crippen molar-refractivity contribution < 1.29 is 4.79 Å². The molecule has 5 rings (SSSR count). The van der Waals surface area contributed by atoms with Crippen LogP contribution in [0.2, 0.25) is 0 Å². The molecule has 0 bridgehead atoms. The largest absolute Gasteiger partial charge is 0.332 e. The smallest absolute Gasteiger partial charge is 0.266 e. The van der Waals surface area contributed by atoms with Crippen LogP contribution in [0, 0.1) is 13.8 Å². The molecule has 5 nitrogen and oxygen atoms in total. The summed E-state index contributed by atoms with van der Waals surface area (Å²) in [5.41, 5.74) is 5.31. The monoisotopic (exact) mass is 515 g/mol. The van der Waals surface area contributed by atoms with Gasteiger partial charge in [0, 0.05) is 6.54 Å². The number of likely N-dealkylation sites (N-methyl/N-ethyl adjacent to an activating group) is 1. The summed E-state index contributed by atoms with van der Waals surface area (Å²) in [6, 6.07) is 32.6. The third kappa shape index (κ3) is 5.00. The molecule has 196 valence electrons. The third-order valence-corrected chi connectivity index (χ3v) is 7.53. The zero-order valence-corrected chi connectivity index (χ0v) is 22.8. The van der Waals surface area contributed by atoms with Crippen LogP contribution in [0.15, 0.2) is 108 Å². The molecule has 0 N–H and O–H groups in total. The second-order valence-corrected chi connectivity index (χ2v) is 9.95. The molecule has 5 heteroatoms. The Morgan fingerprint density at radius 1 is 0.821 bits per heavy atom. The first-order valence-electron chi connectivity index (χ1n) is 13.4. The Morgan fingerprint density at radius 2 is 1.41 bits per heavy atom. The number of rotatable bonds is 7. The molecule has 0 aliphatic heterocycles. The van der Waals surface area contributed by atoms with Crippen LogP contribution < -0.4 is 5.56 Å². The molecule has 0 fully saturated rings. The summed E-state index contributed by atoms with van der Waals surface area (Å²) in [5.74, 6) is 0.0329. The van der Waals surface area contributed by atoms with E-state index < -0.39 is 12.0 Å². The van der Waals surface area contributed by atoms with Crippen LogP contribution in [0.3, 0.4) is 0 Å². The zero-order chi connectivity index (χ0) is 27.5. The topological polar surface area (TPSA) is 55.2 Å². The molecule has 39 heavy (non-hydrogen) atoms. The maximum absolute atomic E-state index is 14.4. The standard InChI is InChI=1S/C34H33N3O2/c1-5-36(34(39)31(26-14-8-6-9-15-26)27-16-10-7-11-17-27)25(4)32-35-30-19-13-12-18-29(30)33(38)37(32)28-21-20-23(2)24(3)22-28/h6-22,25,31H,5H2,1-4H3. The summed E-state index contributed by atoms with van der Waals surface area (Å²) in [6.07, 6.45) is 0. The Bertz CT molecular complexity index is 1640. The van der Waals surface area contributed by atoms with Crippen molar-refractivity contribution in [1.82, 2.24) is 14.5 Å². The fourth-order valence-corrected chi connectivity index (χ4v) is 5.24. The number of hydrogen-bond acceptors (Lipinski definition) is 3. The first-order valence-corrected chi connectivity index (χ1v) is 13.4. The molecule has 1 unspecified atom stereocenters. The molecule has 5 aromatic rings. The Balaban J connectivity index is 1.67. The van der Waals surface area contributed by atoms with Crippen molar-refractivity contribution in [2.24, 2.45) is 0 Å². The Kier molecular flexibility index (Phi) is 7.42. The molecular weight excluding hydrogens is 482 g/mol. The molecular formula is C34H33N3O2. The van der Waals surface area contributed by atoms with Gasteiger partial charge in [0.1, 0.15) is 5.82 Å². The Hall–Kier alpha value is -4.51. The van der Waals surface area contributed by atoms with E-state index in [9.17, 15) is 9.59 Å². The molecule has 1 aromatic heterocycles. The van der Waals surface area contributed by atoms with E-state index in [1.807, 2.05) is 123 Å². The van der Waals surface area contributed by atoms with Crippen LogP contribution in [-0.2, 0) is 4.79 Å². The van der Waals surface area contributed by atoms with Gasteiger partial charge in [0.25, 0.3) is 5.56 Å². The van der Waals surface area contributed by atoms with Crippen LogP contribution in [0.25, 0.3) is 16.6 Å². The van der Waals surface area contributed by atoms with Gasteiger partial charge in [-0.05, 0) is 74.2 Å². The minimum atomic E-state index is -0.475. The zero-order valence-electron chi connectivity index (χ0n) is 22.8. The average molecular weight is 516 g/mol. The van der Waals surface area contributed by atoms with Crippen molar-refractivity contribution in [2.75, 3.05) is 6.54 Å². The number of carbonyl (C=O) groups is 1. The number of aromatic nitrogens is 2. The lowest BCUT2D eigenvalue weighted by atomic mass is 9.89. The van der Waals surface area contributed by atoms with E-state index >= 15 is 0 Å². The molecule has 0 spiro atoms. The number of fused-ring (bicyclic) bond motifs is 1. The average Bonchev–Trinajstić information content (AvgIpc) is 2.96. The van der Waals surface area contributed by atoms with Gasteiger partial charge in [0.2, 0.25) is 5.91 Å². The van der Waals surface area contributed by atoms with Crippen LogP contribution in [0.1, 0.15) is 53.9 Å². The lowest BCUT2D eigenvalue weighted by Crippen LogP contribution is -2.40. The highest BCUT2D eigenvalue weighted by molar-refractivity contribution is 5.87. The van der Waals surface area contributed by atoms with E-state index in [2.05, 4.69) is 6.92 Å². The summed E-state index contributed by atoms with van der Waals surface area (Å²) < 4.78 is 1.68. The first-order chi connectivity index (χ1) is 18.9. The number of aryl methyl sites for hydroxylation is 2. The fourth-order valence-electron chi connectivity index (χ4n) is 5.24. The van der Waals surface area contributed by atoms with Gasteiger partial charge in [0.15, 0.2) is 0 Å². The van der Waals surface area contributed by atoms with E-state index in [0.29, 0.717) is 23.3 Å². The summed E-state index contributed by atoms with van der Waals surface area (Å²) in [4.78, 5) is 35.1. The van der Waals surface area contributed by atoms with Crippen molar-refractivity contribution >= 4 is 16.8 Å². The predicted octanol–water partition coefficient (Wildman–Crippen LogP) is 6.74. The fraction of sp³-hybridized carbons (Fsp3) is 0.206. The first kappa shape index (κ1) is 26.1. The van der Waals surface area contributed by atoms with Gasteiger partial charge in [-0.3, -0.25) is 14.2 Å². The van der Waals surface area contributed by atoms with Crippen LogP contribution in [0.4, 0.5) is 0 Å². The maximum Gasteiger partial charge on any atom is 0.266 e. The molecule has 1 amide bonds. The normalized spacial score (nSPS) is 12.0. The highest BCUT2D eigenvalue weighted by Crippen LogP contribution is 2.31.